The van der Waals surface area contributed by atoms with Crippen LogP contribution in [0.5, 0.6) is 11.5 Å². The van der Waals surface area contributed by atoms with E-state index in [1.165, 1.54) is 7.11 Å². The molecule has 0 spiro atoms. The number of alkyl carbamates (subject to hydrolysis) is 1. The van der Waals surface area contributed by atoms with Gasteiger partial charge in [0.25, 0.3) is 0 Å². The quantitative estimate of drug-likeness (QED) is 0.743. The van der Waals surface area contributed by atoms with E-state index >= 15 is 0 Å². The number of carbonyl (C=O) groups is 2. The van der Waals surface area contributed by atoms with Crippen LogP contribution in [0.4, 0.5) is 4.79 Å². The zero-order valence-electron chi connectivity index (χ0n) is 18.0. The van der Waals surface area contributed by atoms with Gasteiger partial charge in [0, 0.05) is 18.5 Å². The topological polar surface area (TPSA) is 83.1 Å². The highest BCUT2D eigenvalue weighted by atomic mass is 16.6. The van der Waals surface area contributed by atoms with Gasteiger partial charge in [0.05, 0.1) is 20.8 Å². The van der Waals surface area contributed by atoms with E-state index in [2.05, 4.69) is 5.32 Å². The number of ether oxygens (including phenoxy) is 4. The summed E-state index contributed by atoms with van der Waals surface area (Å²) in [4.78, 5) is 24.3. The van der Waals surface area contributed by atoms with Crippen molar-refractivity contribution in [2.24, 2.45) is 0 Å². The Balaban J connectivity index is 1.91. The van der Waals surface area contributed by atoms with E-state index in [0.717, 1.165) is 28.7 Å². The molecule has 7 heteroatoms. The van der Waals surface area contributed by atoms with Gasteiger partial charge in [-0.25, -0.2) is 9.59 Å². The van der Waals surface area contributed by atoms with Crippen molar-refractivity contribution in [3.05, 3.63) is 47.0 Å². The van der Waals surface area contributed by atoms with Crippen LogP contribution in [-0.4, -0.2) is 38.5 Å². The zero-order valence-corrected chi connectivity index (χ0v) is 18.0. The summed E-state index contributed by atoms with van der Waals surface area (Å²) < 4.78 is 21.3. The fourth-order valence-electron chi connectivity index (χ4n) is 3.31. The Hall–Kier alpha value is -3.22. The molecule has 1 aliphatic rings. The molecule has 3 rings (SSSR count). The molecule has 1 aliphatic heterocycles. The third-order valence-electron chi connectivity index (χ3n) is 4.62. The third-order valence-corrected chi connectivity index (χ3v) is 4.62. The second-order valence-electron chi connectivity index (χ2n) is 7.98. The number of esters is 1. The predicted molar refractivity (Wildman–Crippen MR) is 112 cm³/mol. The van der Waals surface area contributed by atoms with Gasteiger partial charge >= 0.3 is 12.1 Å². The summed E-state index contributed by atoms with van der Waals surface area (Å²) in [7, 11) is 2.93. The molecule has 0 bridgehead atoms. The Morgan fingerprint density at radius 3 is 2.53 bits per heavy atom. The lowest BCUT2D eigenvalue weighted by Crippen LogP contribution is -2.32. The number of fused-ring (bicyclic) bond motifs is 1. The molecule has 0 saturated carbocycles. The van der Waals surface area contributed by atoms with Crippen LogP contribution in [-0.2, 0) is 22.4 Å². The number of amides is 1. The number of rotatable bonds is 5. The van der Waals surface area contributed by atoms with Crippen molar-refractivity contribution < 1.29 is 28.5 Å². The van der Waals surface area contributed by atoms with Crippen molar-refractivity contribution in [2.75, 3.05) is 20.8 Å². The highest BCUT2D eigenvalue weighted by Crippen LogP contribution is 2.36. The van der Waals surface area contributed by atoms with Gasteiger partial charge in [-0.15, -0.1) is 0 Å². The van der Waals surface area contributed by atoms with Crippen molar-refractivity contribution in [1.29, 1.82) is 0 Å². The van der Waals surface area contributed by atoms with Gasteiger partial charge in [0.1, 0.15) is 22.7 Å². The van der Waals surface area contributed by atoms with Crippen LogP contribution in [0, 0.1) is 0 Å². The second-order valence-corrected chi connectivity index (χ2v) is 7.98. The molecule has 1 N–H and O–H groups in total. The van der Waals surface area contributed by atoms with Crippen LogP contribution in [0.15, 0.2) is 30.3 Å². The summed E-state index contributed by atoms with van der Waals surface area (Å²) in [5, 5.41) is 2.75. The molecular formula is C23H27NO6. The van der Waals surface area contributed by atoms with E-state index in [9.17, 15) is 9.59 Å². The molecule has 1 heterocycles. The van der Waals surface area contributed by atoms with Crippen LogP contribution >= 0.6 is 0 Å². The van der Waals surface area contributed by atoms with Crippen LogP contribution in [0.25, 0.3) is 11.1 Å². The fraction of sp³-hybridized carbons (Fsp3) is 0.391. The van der Waals surface area contributed by atoms with E-state index < -0.39 is 17.7 Å². The van der Waals surface area contributed by atoms with Gasteiger partial charge < -0.3 is 24.3 Å². The molecule has 160 valence electrons. The fourth-order valence-corrected chi connectivity index (χ4v) is 3.31. The summed E-state index contributed by atoms with van der Waals surface area (Å²) in [6.07, 6.45) is 0.230. The van der Waals surface area contributed by atoms with Gasteiger partial charge in [-0.3, -0.25) is 0 Å². The average molecular weight is 413 g/mol. The van der Waals surface area contributed by atoms with Crippen LogP contribution in [0.1, 0.15) is 42.3 Å². The van der Waals surface area contributed by atoms with E-state index in [1.807, 2.05) is 45.0 Å². The first kappa shape index (κ1) is 21.5. The Morgan fingerprint density at radius 1 is 1.10 bits per heavy atom. The lowest BCUT2D eigenvalue weighted by atomic mass is 9.96. The van der Waals surface area contributed by atoms with Crippen LogP contribution < -0.4 is 14.8 Å². The first-order valence-electron chi connectivity index (χ1n) is 9.74. The maximum absolute atomic E-state index is 12.2. The highest BCUT2D eigenvalue weighted by Gasteiger charge is 2.23. The molecule has 0 aliphatic carbocycles. The SMILES string of the molecule is COC(=O)c1cc(-c2ccc(OC)c(CNC(=O)OC(C)(C)C)c2)cc2c1OCC2. The summed E-state index contributed by atoms with van der Waals surface area (Å²) in [5.41, 5.74) is 3.34. The van der Waals surface area contributed by atoms with Crippen molar-refractivity contribution in [2.45, 2.75) is 39.3 Å². The summed E-state index contributed by atoms with van der Waals surface area (Å²) in [5.74, 6) is 0.800. The normalized spacial score (nSPS) is 12.6. The summed E-state index contributed by atoms with van der Waals surface area (Å²) in [6, 6.07) is 9.46. The second kappa shape index (κ2) is 8.65. The molecule has 1 amide bonds. The number of hydrogen-bond acceptors (Lipinski definition) is 6. The standard InChI is InChI=1S/C23H27NO6/c1-23(2,3)30-22(26)24-13-17-10-14(6-7-19(17)27-4)16-11-15-8-9-29-20(15)18(12-16)21(25)28-5/h6-7,10-12H,8-9,13H2,1-5H3,(H,24,26). The average Bonchev–Trinajstić information content (AvgIpc) is 3.18. The molecule has 2 aromatic carbocycles. The minimum absolute atomic E-state index is 0.240. The minimum atomic E-state index is -0.577. The number of carbonyl (C=O) groups excluding carboxylic acids is 2. The third kappa shape index (κ3) is 4.84. The zero-order chi connectivity index (χ0) is 21.9. The molecular weight excluding hydrogens is 386 g/mol. The van der Waals surface area contributed by atoms with Gasteiger partial charge in [-0.1, -0.05) is 6.07 Å². The Kier molecular flexibility index (Phi) is 6.20. The molecule has 7 nitrogen and oxygen atoms in total. The summed E-state index contributed by atoms with van der Waals surface area (Å²) in [6.45, 7) is 6.21. The molecule has 0 aromatic heterocycles. The van der Waals surface area contributed by atoms with Gasteiger partial charge in [-0.2, -0.15) is 0 Å². The molecule has 2 aromatic rings. The van der Waals surface area contributed by atoms with E-state index in [1.54, 1.807) is 13.2 Å². The molecule has 30 heavy (non-hydrogen) atoms. The lowest BCUT2D eigenvalue weighted by Gasteiger charge is -2.20. The largest absolute Gasteiger partial charge is 0.496 e. The van der Waals surface area contributed by atoms with Crippen LogP contribution in [0.2, 0.25) is 0 Å². The molecule has 0 saturated heterocycles. The predicted octanol–water partition coefficient (Wildman–Crippen LogP) is 4.11. The van der Waals surface area contributed by atoms with Gasteiger partial charge in [0.15, 0.2) is 0 Å². The monoisotopic (exact) mass is 413 g/mol. The molecule has 0 fully saturated rings. The number of methoxy groups -OCH3 is 2. The smallest absolute Gasteiger partial charge is 0.407 e. The van der Waals surface area contributed by atoms with E-state index in [4.69, 9.17) is 18.9 Å². The van der Waals surface area contributed by atoms with E-state index in [0.29, 0.717) is 23.7 Å². The van der Waals surface area contributed by atoms with Gasteiger partial charge in [0.2, 0.25) is 0 Å². The molecule has 0 radical (unpaired) electrons. The first-order valence-corrected chi connectivity index (χ1v) is 9.74. The van der Waals surface area contributed by atoms with Crippen molar-refractivity contribution in [1.82, 2.24) is 5.32 Å². The van der Waals surface area contributed by atoms with Crippen molar-refractivity contribution in [3.63, 3.8) is 0 Å². The minimum Gasteiger partial charge on any atom is -0.496 e. The van der Waals surface area contributed by atoms with E-state index in [-0.39, 0.29) is 6.54 Å². The maximum Gasteiger partial charge on any atom is 0.407 e. The molecule has 0 atom stereocenters. The molecule has 0 unspecified atom stereocenters. The number of nitrogens with one attached hydrogen (secondary N) is 1. The maximum atomic E-state index is 12.2. The lowest BCUT2D eigenvalue weighted by molar-refractivity contribution is 0.0522. The number of hydrogen-bond donors (Lipinski definition) is 1. The van der Waals surface area contributed by atoms with Crippen LogP contribution in [0.3, 0.4) is 0 Å². The van der Waals surface area contributed by atoms with Crippen molar-refractivity contribution in [3.8, 4) is 22.6 Å². The Labute approximate surface area is 176 Å². The Bertz CT molecular complexity index is 961. The number of benzene rings is 2. The first-order chi connectivity index (χ1) is 14.2. The Morgan fingerprint density at radius 2 is 1.87 bits per heavy atom. The highest BCUT2D eigenvalue weighted by molar-refractivity contribution is 5.95. The van der Waals surface area contributed by atoms with Crippen molar-refractivity contribution >= 4 is 12.1 Å². The summed E-state index contributed by atoms with van der Waals surface area (Å²) >= 11 is 0. The van der Waals surface area contributed by atoms with Gasteiger partial charge in [-0.05, 0) is 61.7 Å².